The SMILES string of the molecule is O=C(O)c1ccnc(N2CCC[C@H]2CO)n1. The highest BCUT2D eigenvalue weighted by Gasteiger charge is 2.26. The quantitative estimate of drug-likeness (QED) is 0.757. The smallest absolute Gasteiger partial charge is 0.354 e. The first-order valence-corrected chi connectivity index (χ1v) is 5.16. The zero-order chi connectivity index (χ0) is 11.5. The van der Waals surface area contributed by atoms with Crippen LogP contribution in [0, 0.1) is 0 Å². The zero-order valence-corrected chi connectivity index (χ0v) is 8.70. The lowest BCUT2D eigenvalue weighted by Gasteiger charge is -2.22. The van der Waals surface area contributed by atoms with Gasteiger partial charge in [0.05, 0.1) is 12.6 Å². The molecule has 0 bridgehead atoms. The molecule has 0 saturated carbocycles. The fourth-order valence-corrected chi connectivity index (χ4v) is 1.89. The van der Waals surface area contributed by atoms with Crippen LogP contribution in [0.3, 0.4) is 0 Å². The Bertz CT molecular complexity index is 397. The molecule has 0 unspecified atom stereocenters. The first-order chi connectivity index (χ1) is 7.72. The van der Waals surface area contributed by atoms with Crippen LogP contribution in [0.1, 0.15) is 23.3 Å². The molecule has 1 saturated heterocycles. The molecule has 1 aromatic rings. The second-order valence-corrected chi connectivity index (χ2v) is 3.72. The van der Waals surface area contributed by atoms with Crippen molar-refractivity contribution >= 4 is 11.9 Å². The molecule has 1 fully saturated rings. The van der Waals surface area contributed by atoms with E-state index in [1.165, 1.54) is 12.3 Å². The van der Waals surface area contributed by atoms with Gasteiger partial charge in [0.1, 0.15) is 0 Å². The molecule has 1 aliphatic heterocycles. The van der Waals surface area contributed by atoms with Crippen molar-refractivity contribution in [1.82, 2.24) is 9.97 Å². The van der Waals surface area contributed by atoms with E-state index in [4.69, 9.17) is 10.2 Å². The molecular formula is C10H13N3O3. The molecule has 0 radical (unpaired) electrons. The number of aliphatic hydroxyl groups is 1. The van der Waals surface area contributed by atoms with Gasteiger partial charge in [-0.2, -0.15) is 0 Å². The summed E-state index contributed by atoms with van der Waals surface area (Å²) in [6, 6.07) is 1.36. The van der Waals surface area contributed by atoms with Gasteiger partial charge >= 0.3 is 5.97 Å². The highest BCUT2D eigenvalue weighted by molar-refractivity contribution is 5.85. The molecule has 2 heterocycles. The Morgan fingerprint density at radius 3 is 3.12 bits per heavy atom. The van der Waals surface area contributed by atoms with Gasteiger partial charge in [0.25, 0.3) is 0 Å². The minimum absolute atomic E-state index is 0.00375. The Balaban J connectivity index is 2.26. The molecule has 0 amide bonds. The fraction of sp³-hybridized carbons (Fsp3) is 0.500. The normalized spacial score (nSPS) is 20.1. The van der Waals surface area contributed by atoms with Crippen LogP contribution in [0.25, 0.3) is 0 Å². The van der Waals surface area contributed by atoms with E-state index in [-0.39, 0.29) is 18.3 Å². The van der Waals surface area contributed by atoms with E-state index in [1.807, 2.05) is 4.90 Å². The van der Waals surface area contributed by atoms with Crippen molar-refractivity contribution in [1.29, 1.82) is 0 Å². The molecule has 6 heteroatoms. The molecule has 86 valence electrons. The highest BCUT2D eigenvalue weighted by Crippen LogP contribution is 2.21. The lowest BCUT2D eigenvalue weighted by atomic mass is 10.2. The predicted octanol–water partition coefficient (Wildman–Crippen LogP) is 0.136. The molecule has 16 heavy (non-hydrogen) atoms. The third kappa shape index (κ3) is 1.96. The molecule has 6 nitrogen and oxygen atoms in total. The maximum atomic E-state index is 10.8. The Hall–Kier alpha value is -1.69. The lowest BCUT2D eigenvalue weighted by molar-refractivity contribution is 0.0690. The summed E-state index contributed by atoms with van der Waals surface area (Å²) in [5, 5.41) is 18.0. The number of hydrogen-bond donors (Lipinski definition) is 2. The van der Waals surface area contributed by atoms with Crippen molar-refractivity contribution in [3.8, 4) is 0 Å². The fourth-order valence-electron chi connectivity index (χ4n) is 1.89. The van der Waals surface area contributed by atoms with E-state index >= 15 is 0 Å². The van der Waals surface area contributed by atoms with Crippen molar-refractivity contribution in [3.05, 3.63) is 18.0 Å². The molecular weight excluding hydrogens is 210 g/mol. The Morgan fingerprint density at radius 1 is 1.62 bits per heavy atom. The summed E-state index contributed by atoms with van der Waals surface area (Å²) in [6.45, 7) is 0.801. The van der Waals surface area contributed by atoms with Crippen LogP contribution in [0.4, 0.5) is 5.95 Å². The molecule has 1 atom stereocenters. The van der Waals surface area contributed by atoms with Crippen LogP contribution in [-0.4, -0.2) is 45.3 Å². The topological polar surface area (TPSA) is 86.5 Å². The average Bonchev–Trinajstić information content (AvgIpc) is 2.77. The molecule has 0 spiro atoms. The number of aromatic nitrogens is 2. The number of aromatic carboxylic acids is 1. The number of nitrogens with zero attached hydrogens (tertiary/aromatic N) is 3. The summed E-state index contributed by atoms with van der Waals surface area (Å²) in [7, 11) is 0. The molecule has 1 aromatic heterocycles. The predicted molar refractivity (Wildman–Crippen MR) is 56.4 cm³/mol. The maximum absolute atomic E-state index is 10.8. The second kappa shape index (κ2) is 4.44. The largest absolute Gasteiger partial charge is 0.477 e. The summed E-state index contributed by atoms with van der Waals surface area (Å²) in [6.07, 6.45) is 3.28. The van der Waals surface area contributed by atoms with Crippen molar-refractivity contribution in [3.63, 3.8) is 0 Å². The Morgan fingerprint density at radius 2 is 2.44 bits per heavy atom. The summed E-state index contributed by atoms with van der Waals surface area (Å²) < 4.78 is 0. The van der Waals surface area contributed by atoms with E-state index in [9.17, 15) is 4.79 Å². The van der Waals surface area contributed by atoms with E-state index in [1.54, 1.807) is 0 Å². The first-order valence-electron chi connectivity index (χ1n) is 5.16. The molecule has 0 aliphatic carbocycles. The number of carboxylic acids is 1. The number of hydrogen-bond acceptors (Lipinski definition) is 5. The maximum Gasteiger partial charge on any atom is 0.354 e. The van der Waals surface area contributed by atoms with Crippen molar-refractivity contribution in [2.45, 2.75) is 18.9 Å². The monoisotopic (exact) mass is 223 g/mol. The van der Waals surface area contributed by atoms with Crippen molar-refractivity contribution in [2.75, 3.05) is 18.1 Å². The van der Waals surface area contributed by atoms with Crippen LogP contribution < -0.4 is 4.90 Å². The van der Waals surface area contributed by atoms with Crippen LogP contribution in [-0.2, 0) is 0 Å². The zero-order valence-electron chi connectivity index (χ0n) is 8.70. The summed E-state index contributed by atoms with van der Waals surface area (Å²) >= 11 is 0. The first kappa shape index (κ1) is 10.8. The van der Waals surface area contributed by atoms with Gasteiger partial charge < -0.3 is 15.1 Å². The summed E-state index contributed by atoms with van der Waals surface area (Å²) in [5.74, 6) is -0.681. The van der Waals surface area contributed by atoms with Crippen molar-refractivity contribution in [2.24, 2.45) is 0 Å². The van der Waals surface area contributed by atoms with Crippen molar-refractivity contribution < 1.29 is 15.0 Å². The number of carboxylic acid groups (broad SMARTS) is 1. The summed E-state index contributed by atoms with van der Waals surface area (Å²) in [5.41, 5.74) is -0.0198. The molecule has 1 aliphatic rings. The van der Waals surface area contributed by atoms with Crippen LogP contribution >= 0.6 is 0 Å². The highest BCUT2D eigenvalue weighted by atomic mass is 16.4. The third-order valence-corrected chi connectivity index (χ3v) is 2.71. The average molecular weight is 223 g/mol. The van der Waals surface area contributed by atoms with Gasteiger partial charge in [-0.05, 0) is 18.9 Å². The Kier molecular flexibility index (Phi) is 3.00. The Labute approximate surface area is 92.6 Å². The van der Waals surface area contributed by atoms with E-state index in [0.29, 0.717) is 5.95 Å². The second-order valence-electron chi connectivity index (χ2n) is 3.72. The molecule has 0 aromatic carbocycles. The molecule has 2 N–H and O–H groups in total. The van der Waals surface area contributed by atoms with Crippen LogP contribution in [0.15, 0.2) is 12.3 Å². The third-order valence-electron chi connectivity index (χ3n) is 2.71. The number of carbonyl (C=O) groups is 1. The minimum atomic E-state index is -1.07. The van der Waals surface area contributed by atoms with Gasteiger partial charge in [0.2, 0.25) is 5.95 Å². The van der Waals surface area contributed by atoms with Gasteiger partial charge in [-0.1, -0.05) is 0 Å². The molecule has 2 rings (SSSR count). The van der Waals surface area contributed by atoms with Gasteiger partial charge in [0, 0.05) is 12.7 Å². The van der Waals surface area contributed by atoms with Gasteiger partial charge in [-0.15, -0.1) is 0 Å². The van der Waals surface area contributed by atoms with E-state index in [0.717, 1.165) is 19.4 Å². The van der Waals surface area contributed by atoms with E-state index < -0.39 is 5.97 Å². The van der Waals surface area contributed by atoms with Gasteiger partial charge in [0.15, 0.2) is 5.69 Å². The standard InChI is InChI=1S/C10H13N3O3/c14-6-7-2-1-5-13(7)10-11-4-3-8(12-10)9(15)16/h3-4,7,14H,1-2,5-6H2,(H,15,16)/t7-/m0/s1. The summed E-state index contributed by atoms with van der Waals surface area (Å²) in [4.78, 5) is 20.6. The number of aliphatic hydroxyl groups excluding tert-OH is 1. The van der Waals surface area contributed by atoms with Crippen LogP contribution in [0.2, 0.25) is 0 Å². The van der Waals surface area contributed by atoms with Gasteiger partial charge in [-0.25, -0.2) is 14.8 Å². The van der Waals surface area contributed by atoms with Gasteiger partial charge in [-0.3, -0.25) is 0 Å². The lowest BCUT2D eigenvalue weighted by Crippen LogP contribution is -2.33. The number of rotatable bonds is 3. The number of anilines is 1. The minimum Gasteiger partial charge on any atom is -0.477 e. The van der Waals surface area contributed by atoms with E-state index in [2.05, 4.69) is 9.97 Å². The van der Waals surface area contributed by atoms with Crippen LogP contribution in [0.5, 0.6) is 0 Å².